The number of rotatable bonds is 6. The Bertz CT molecular complexity index is 2910. The molecule has 0 saturated carbocycles. The predicted molar refractivity (Wildman–Crippen MR) is 239 cm³/mol. The molecule has 6 nitrogen and oxygen atoms in total. The molecule has 0 unspecified atom stereocenters. The second-order valence-electron chi connectivity index (χ2n) is 18.2. The maximum Gasteiger partial charge on any atom is 2.00 e. The molecule has 10 rings (SSSR count). The zero-order valence-corrected chi connectivity index (χ0v) is 37.4. The Hall–Kier alpha value is -5.39. The van der Waals surface area contributed by atoms with Gasteiger partial charge in [0.2, 0.25) is 0 Å². The Morgan fingerprint density at radius 3 is 2.19 bits per heavy atom. The Morgan fingerprint density at radius 2 is 1.44 bits per heavy atom. The van der Waals surface area contributed by atoms with Crippen LogP contribution >= 0.6 is 0 Å². The minimum atomic E-state index is -0.252. The standard InChI is InChI=1S/C51H48BN5O.Pt/c1-31(2)36-16-14-17-37(32(3)4)48(36)56-44-24-22-34(28-40(44)49-54-30-46-51(8,9)41-18-11-12-19-42(41)52(56)57(46)49)58-35-21-23-39-38-15-10-13-20-43(38)55(45(39)29-35)47-27-33(25-26-53-47)50(5,6)7;/h10-27,30-32H,1-9H3;/q-2;+2. The van der Waals surface area contributed by atoms with Gasteiger partial charge >= 0.3 is 28.0 Å². The first-order valence-electron chi connectivity index (χ1n) is 20.6. The van der Waals surface area contributed by atoms with Crippen LogP contribution in [0.25, 0.3) is 39.0 Å². The summed E-state index contributed by atoms with van der Waals surface area (Å²) in [6, 6.07) is 44.4. The average Bonchev–Trinajstić information content (AvgIpc) is 3.80. The molecule has 0 aliphatic carbocycles. The summed E-state index contributed by atoms with van der Waals surface area (Å²) in [6.45, 7) is 20.4. The molecule has 0 N–H and O–H groups in total. The topological polar surface area (TPSA) is 48.1 Å². The summed E-state index contributed by atoms with van der Waals surface area (Å²) < 4.78 is 11.4. The summed E-state index contributed by atoms with van der Waals surface area (Å²) in [5.74, 6) is 3.61. The fourth-order valence-corrected chi connectivity index (χ4v) is 9.44. The second kappa shape index (κ2) is 14.1. The molecule has 0 radical (unpaired) electrons. The van der Waals surface area contributed by atoms with Crippen molar-refractivity contribution in [2.24, 2.45) is 0 Å². The van der Waals surface area contributed by atoms with Gasteiger partial charge in [-0.15, -0.1) is 23.6 Å². The van der Waals surface area contributed by atoms with Crippen molar-refractivity contribution >= 4 is 45.6 Å². The van der Waals surface area contributed by atoms with E-state index in [-0.39, 0.29) is 38.9 Å². The summed E-state index contributed by atoms with van der Waals surface area (Å²) >= 11 is 0. The molecular weight excluding hydrogens is 904 g/mol. The average molecular weight is 953 g/mol. The second-order valence-corrected chi connectivity index (χ2v) is 18.2. The fourth-order valence-electron chi connectivity index (χ4n) is 9.44. The first-order chi connectivity index (χ1) is 27.8. The molecule has 0 bridgehead atoms. The van der Waals surface area contributed by atoms with Gasteiger partial charge in [-0.3, -0.25) is 4.98 Å². The zero-order valence-electron chi connectivity index (χ0n) is 35.2. The molecule has 0 spiro atoms. The van der Waals surface area contributed by atoms with Gasteiger partial charge in [0.1, 0.15) is 5.82 Å². The normalized spacial score (nSPS) is 14.1. The van der Waals surface area contributed by atoms with Crippen LogP contribution in [0, 0.1) is 12.1 Å². The van der Waals surface area contributed by atoms with Gasteiger partial charge in [0.25, 0.3) is 0 Å². The molecule has 0 atom stereocenters. The number of hydrogen-bond donors (Lipinski definition) is 0. The molecule has 2 aliphatic rings. The molecule has 0 saturated heterocycles. The van der Waals surface area contributed by atoms with Gasteiger partial charge in [0.05, 0.1) is 0 Å². The van der Waals surface area contributed by atoms with Crippen LogP contribution in [0.3, 0.4) is 0 Å². The van der Waals surface area contributed by atoms with Crippen LogP contribution in [0.4, 0.5) is 11.4 Å². The fraction of sp³-hybridized carbons (Fsp3) is 0.255. The van der Waals surface area contributed by atoms with Crippen molar-refractivity contribution in [3.05, 3.63) is 156 Å². The van der Waals surface area contributed by atoms with E-state index in [1.807, 2.05) is 12.3 Å². The van der Waals surface area contributed by atoms with E-state index in [9.17, 15) is 0 Å². The maximum absolute atomic E-state index is 6.77. The van der Waals surface area contributed by atoms with Crippen LogP contribution < -0.4 is 15.0 Å². The van der Waals surface area contributed by atoms with Crippen LogP contribution in [-0.2, 0) is 31.9 Å². The van der Waals surface area contributed by atoms with Crippen molar-refractivity contribution < 1.29 is 25.8 Å². The molecular formula is C51H48BN5OPt. The number of benzene rings is 5. The zero-order chi connectivity index (χ0) is 40.2. The van der Waals surface area contributed by atoms with Crippen LogP contribution in [0.1, 0.15) is 102 Å². The van der Waals surface area contributed by atoms with Crippen molar-refractivity contribution in [1.82, 2.24) is 19.0 Å². The SMILES string of the molecule is CC(C)c1cccc(C(C)C)c1N1B2c3ccccc3C(C)(C)c3cnc(n32)-c2[c-]c(Oc3[c-]c4c(cc3)c3ccccc3n4-c3cc(C(C)(C)C)ccn3)ccc21.[Pt+2]. The molecule has 8 aromatic rings. The third kappa shape index (κ3) is 6.02. The summed E-state index contributed by atoms with van der Waals surface area (Å²) in [4.78, 5) is 12.6. The summed E-state index contributed by atoms with van der Waals surface area (Å²) in [5, 5.41) is 2.24. The van der Waals surface area contributed by atoms with E-state index in [0.29, 0.717) is 23.3 Å². The van der Waals surface area contributed by atoms with Crippen molar-refractivity contribution in [1.29, 1.82) is 0 Å². The van der Waals surface area contributed by atoms with Gasteiger partial charge in [-0.25, -0.2) is 4.98 Å². The Kier molecular flexibility index (Phi) is 9.36. The summed E-state index contributed by atoms with van der Waals surface area (Å²) in [7, 11) is 0. The number of nitrogens with zero attached hydrogens (tertiary/aromatic N) is 5. The number of ether oxygens (including phenoxy) is 1. The molecule has 296 valence electrons. The number of para-hydroxylation sites is 2. The van der Waals surface area contributed by atoms with Crippen molar-refractivity contribution in [3.8, 4) is 28.7 Å². The van der Waals surface area contributed by atoms with Gasteiger partial charge < -0.3 is 18.6 Å². The monoisotopic (exact) mass is 952 g/mol. The molecule has 3 aromatic heterocycles. The van der Waals surface area contributed by atoms with E-state index < -0.39 is 0 Å². The number of aromatic nitrogens is 4. The van der Waals surface area contributed by atoms with E-state index in [4.69, 9.17) is 14.7 Å². The number of pyridine rings is 1. The predicted octanol–water partition coefficient (Wildman–Crippen LogP) is 12.0. The summed E-state index contributed by atoms with van der Waals surface area (Å²) in [6.07, 6.45) is 3.98. The minimum Gasteiger partial charge on any atom is -0.503 e. The van der Waals surface area contributed by atoms with E-state index in [0.717, 1.165) is 44.7 Å². The third-order valence-electron chi connectivity index (χ3n) is 12.4. The number of fused-ring (bicyclic) bond motifs is 7. The van der Waals surface area contributed by atoms with Crippen LogP contribution in [0.15, 0.2) is 116 Å². The van der Waals surface area contributed by atoms with E-state index in [2.05, 4.69) is 192 Å². The summed E-state index contributed by atoms with van der Waals surface area (Å²) in [5.41, 5.74) is 12.6. The number of imidazole rings is 1. The molecule has 0 fully saturated rings. The van der Waals surface area contributed by atoms with Crippen LogP contribution in [0.5, 0.6) is 11.5 Å². The van der Waals surface area contributed by atoms with Crippen LogP contribution in [-0.4, -0.2) is 26.0 Å². The van der Waals surface area contributed by atoms with Gasteiger partial charge in [-0.2, -0.15) is 6.07 Å². The first-order valence-corrected chi connectivity index (χ1v) is 20.6. The molecule has 0 amide bonds. The molecule has 2 aliphatic heterocycles. The Morgan fingerprint density at radius 1 is 0.746 bits per heavy atom. The van der Waals surface area contributed by atoms with E-state index >= 15 is 0 Å². The smallest absolute Gasteiger partial charge is 0.503 e. The molecule has 59 heavy (non-hydrogen) atoms. The quantitative estimate of drug-likeness (QED) is 0.123. The molecule has 5 aromatic carbocycles. The third-order valence-corrected chi connectivity index (χ3v) is 12.4. The van der Waals surface area contributed by atoms with E-state index in [1.54, 1.807) is 0 Å². The van der Waals surface area contributed by atoms with Gasteiger partial charge in [-0.1, -0.05) is 146 Å². The van der Waals surface area contributed by atoms with E-state index in [1.165, 1.54) is 39.1 Å². The van der Waals surface area contributed by atoms with Crippen molar-refractivity contribution in [2.45, 2.75) is 85.0 Å². The number of hydrogen-bond acceptors (Lipinski definition) is 4. The molecule has 8 heteroatoms. The Balaban J connectivity index is 0.00000449. The van der Waals surface area contributed by atoms with Crippen LogP contribution in [0.2, 0.25) is 0 Å². The van der Waals surface area contributed by atoms with Gasteiger partial charge in [0.15, 0.2) is 0 Å². The van der Waals surface area contributed by atoms with Crippen molar-refractivity contribution in [3.63, 3.8) is 0 Å². The van der Waals surface area contributed by atoms with Gasteiger partial charge in [0, 0.05) is 52.0 Å². The number of anilines is 2. The maximum atomic E-state index is 6.77. The van der Waals surface area contributed by atoms with Crippen molar-refractivity contribution in [2.75, 3.05) is 4.81 Å². The van der Waals surface area contributed by atoms with Gasteiger partial charge in [-0.05, 0) is 74.2 Å². The first kappa shape index (κ1) is 39.1. The Labute approximate surface area is 362 Å². The largest absolute Gasteiger partial charge is 2.00 e. The molecule has 5 heterocycles. The minimum absolute atomic E-state index is 0.